The van der Waals surface area contributed by atoms with Gasteiger partial charge in [0.25, 0.3) is 0 Å². The van der Waals surface area contributed by atoms with Crippen LogP contribution < -0.4 is 4.74 Å². The number of aromatic nitrogens is 1. The molecule has 2 rings (SSSR count). The molecule has 2 aromatic rings. The number of aryl methyl sites for hydroxylation is 1. The molecule has 0 fully saturated rings. The lowest BCUT2D eigenvalue weighted by Gasteiger charge is -2.08. The summed E-state index contributed by atoms with van der Waals surface area (Å²) in [5.41, 5.74) is 1.38. The molecule has 2 N–H and O–H groups in total. The molecular weight excluding hydrogens is 246 g/mol. The van der Waals surface area contributed by atoms with Gasteiger partial charge in [-0.25, -0.2) is 9.78 Å². The van der Waals surface area contributed by atoms with Crippen LogP contribution in [0.3, 0.4) is 0 Å². The molecule has 0 aliphatic carbocycles. The number of carboxylic acids is 1. The lowest BCUT2D eigenvalue weighted by molar-refractivity contribution is 0.0693. The van der Waals surface area contributed by atoms with Crippen LogP contribution in [0.1, 0.15) is 16.1 Å². The average molecular weight is 259 g/mol. The zero-order valence-corrected chi connectivity index (χ0v) is 10.5. The second-order valence-corrected chi connectivity index (χ2v) is 4.02. The van der Waals surface area contributed by atoms with Gasteiger partial charge in [0.2, 0.25) is 0 Å². The number of hydrogen-bond acceptors (Lipinski definition) is 4. The Morgan fingerprint density at radius 2 is 1.89 bits per heavy atom. The van der Waals surface area contributed by atoms with Crippen LogP contribution in [0, 0.1) is 6.92 Å². The summed E-state index contributed by atoms with van der Waals surface area (Å²) in [5, 5.41) is 18.7. The van der Waals surface area contributed by atoms with Crippen LogP contribution in [0.25, 0.3) is 11.3 Å². The molecule has 0 saturated carbocycles. The van der Waals surface area contributed by atoms with Crippen LogP contribution in [0.4, 0.5) is 0 Å². The quantitative estimate of drug-likeness (QED) is 0.885. The largest absolute Gasteiger partial charge is 0.505 e. The number of aromatic carboxylic acids is 1. The Morgan fingerprint density at radius 3 is 2.42 bits per heavy atom. The molecule has 0 saturated heterocycles. The van der Waals surface area contributed by atoms with Gasteiger partial charge in [0.15, 0.2) is 5.75 Å². The van der Waals surface area contributed by atoms with Crippen molar-refractivity contribution in [2.45, 2.75) is 6.92 Å². The molecule has 0 spiro atoms. The first-order valence-corrected chi connectivity index (χ1v) is 5.61. The number of carbonyl (C=O) groups is 1. The fourth-order valence-corrected chi connectivity index (χ4v) is 1.74. The number of aromatic hydroxyl groups is 1. The normalized spacial score (nSPS) is 10.2. The highest BCUT2D eigenvalue weighted by atomic mass is 16.5. The third-order valence-electron chi connectivity index (χ3n) is 2.78. The SMILES string of the molecule is COc1ccc(-c2cc(C(=O)O)c(O)c(C)n2)cc1. The van der Waals surface area contributed by atoms with Crippen LogP contribution in [-0.2, 0) is 0 Å². The number of nitrogens with zero attached hydrogens (tertiary/aromatic N) is 1. The van der Waals surface area contributed by atoms with Crippen LogP contribution in [0.2, 0.25) is 0 Å². The fourth-order valence-electron chi connectivity index (χ4n) is 1.74. The number of rotatable bonds is 3. The fraction of sp³-hybridized carbons (Fsp3) is 0.143. The van der Waals surface area contributed by atoms with E-state index >= 15 is 0 Å². The topological polar surface area (TPSA) is 79.7 Å². The zero-order valence-electron chi connectivity index (χ0n) is 10.5. The van der Waals surface area contributed by atoms with Gasteiger partial charge in [0.05, 0.1) is 18.5 Å². The standard InChI is InChI=1S/C14H13NO4/c1-8-13(16)11(14(17)18)7-12(15-8)9-3-5-10(19-2)6-4-9/h3-7,16H,1-2H3,(H,17,18). The van der Waals surface area contributed by atoms with Crippen molar-refractivity contribution in [1.82, 2.24) is 4.98 Å². The Kier molecular flexibility index (Phi) is 3.37. The lowest BCUT2D eigenvalue weighted by Crippen LogP contribution is -2.01. The summed E-state index contributed by atoms with van der Waals surface area (Å²) in [6.07, 6.45) is 0. The summed E-state index contributed by atoms with van der Waals surface area (Å²) in [5.74, 6) is -0.778. The number of methoxy groups -OCH3 is 1. The maximum absolute atomic E-state index is 11.1. The molecule has 0 radical (unpaired) electrons. The Bertz CT molecular complexity index is 620. The second-order valence-electron chi connectivity index (χ2n) is 4.02. The molecule has 5 heteroatoms. The highest BCUT2D eigenvalue weighted by Gasteiger charge is 2.15. The molecule has 0 bridgehead atoms. The van der Waals surface area contributed by atoms with Crippen molar-refractivity contribution in [3.05, 3.63) is 41.6 Å². The number of ether oxygens (including phenoxy) is 1. The molecular formula is C14H13NO4. The highest BCUT2D eigenvalue weighted by Crippen LogP contribution is 2.27. The van der Waals surface area contributed by atoms with E-state index in [1.54, 1.807) is 38.3 Å². The molecule has 1 aromatic heterocycles. The van der Waals surface area contributed by atoms with Crippen molar-refractivity contribution < 1.29 is 19.7 Å². The zero-order chi connectivity index (χ0) is 14.0. The molecule has 1 heterocycles. The molecule has 0 aliphatic heterocycles. The Balaban J connectivity index is 2.52. The van der Waals surface area contributed by atoms with Gasteiger partial charge in [-0.1, -0.05) is 0 Å². The molecule has 0 aliphatic rings. The van der Waals surface area contributed by atoms with E-state index in [4.69, 9.17) is 9.84 Å². The van der Waals surface area contributed by atoms with Crippen molar-refractivity contribution in [2.75, 3.05) is 7.11 Å². The van der Waals surface area contributed by atoms with Crippen molar-refractivity contribution in [3.8, 4) is 22.8 Å². The van der Waals surface area contributed by atoms with Gasteiger partial charge in [-0.05, 0) is 37.3 Å². The third kappa shape index (κ3) is 2.49. The molecule has 1 aromatic carbocycles. The summed E-state index contributed by atoms with van der Waals surface area (Å²) < 4.78 is 5.06. The second kappa shape index (κ2) is 4.97. The summed E-state index contributed by atoms with van der Waals surface area (Å²) in [7, 11) is 1.57. The predicted molar refractivity (Wildman–Crippen MR) is 69.6 cm³/mol. The first-order chi connectivity index (χ1) is 9.02. The van der Waals surface area contributed by atoms with E-state index < -0.39 is 5.97 Å². The highest BCUT2D eigenvalue weighted by molar-refractivity contribution is 5.92. The van der Waals surface area contributed by atoms with Crippen LogP contribution in [-0.4, -0.2) is 28.3 Å². The smallest absolute Gasteiger partial charge is 0.339 e. The molecule has 19 heavy (non-hydrogen) atoms. The van der Waals surface area contributed by atoms with Crippen LogP contribution >= 0.6 is 0 Å². The average Bonchev–Trinajstić information content (AvgIpc) is 2.41. The number of hydrogen-bond donors (Lipinski definition) is 2. The minimum atomic E-state index is -1.18. The third-order valence-corrected chi connectivity index (χ3v) is 2.78. The maximum Gasteiger partial charge on any atom is 0.339 e. The summed E-state index contributed by atoms with van der Waals surface area (Å²) in [4.78, 5) is 15.2. The monoisotopic (exact) mass is 259 g/mol. The number of pyridine rings is 1. The van der Waals surface area contributed by atoms with Gasteiger partial charge in [0, 0.05) is 5.56 Å². The Morgan fingerprint density at radius 1 is 1.26 bits per heavy atom. The van der Waals surface area contributed by atoms with E-state index in [0.29, 0.717) is 11.4 Å². The molecule has 98 valence electrons. The van der Waals surface area contributed by atoms with Crippen molar-refractivity contribution in [3.63, 3.8) is 0 Å². The summed E-state index contributed by atoms with van der Waals surface area (Å²) >= 11 is 0. The molecule has 0 unspecified atom stereocenters. The lowest BCUT2D eigenvalue weighted by atomic mass is 10.1. The minimum absolute atomic E-state index is 0.154. The first kappa shape index (κ1) is 12.9. The molecule has 0 atom stereocenters. The Hall–Kier alpha value is -2.56. The van der Waals surface area contributed by atoms with Crippen molar-refractivity contribution >= 4 is 5.97 Å². The summed E-state index contributed by atoms with van der Waals surface area (Å²) in [6, 6.07) is 8.44. The van der Waals surface area contributed by atoms with Gasteiger partial charge in [0.1, 0.15) is 11.3 Å². The number of carboxylic acid groups (broad SMARTS) is 1. The van der Waals surface area contributed by atoms with Gasteiger partial charge >= 0.3 is 5.97 Å². The van der Waals surface area contributed by atoms with E-state index in [0.717, 1.165) is 5.56 Å². The van der Waals surface area contributed by atoms with E-state index in [1.807, 2.05) is 0 Å². The van der Waals surface area contributed by atoms with Gasteiger partial charge in [-0.15, -0.1) is 0 Å². The molecule has 0 amide bonds. The van der Waals surface area contributed by atoms with E-state index in [-0.39, 0.29) is 17.0 Å². The van der Waals surface area contributed by atoms with E-state index in [2.05, 4.69) is 4.98 Å². The minimum Gasteiger partial charge on any atom is -0.505 e. The number of benzene rings is 1. The van der Waals surface area contributed by atoms with Gasteiger partial charge < -0.3 is 14.9 Å². The van der Waals surface area contributed by atoms with E-state index in [9.17, 15) is 9.90 Å². The van der Waals surface area contributed by atoms with E-state index in [1.165, 1.54) is 6.07 Å². The van der Waals surface area contributed by atoms with Gasteiger partial charge in [-0.2, -0.15) is 0 Å². The van der Waals surface area contributed by atoms with Crippen molar-refractivity contribution in [2.24, 2.45) is 0 Å². The molecule has 5 nitrogen and oxygen atoms in total. The predicted octanol–water partition coefficient (Wildman–Crippen LogP) is 2.47. The van der Waals surface area contributed by atoms with Crippen LogP contribution in [0.15, 0.2) is 30.3 Å². The van der Waals surface area contributed by atoms with Crippen LogP contribution in [0.5, 0.6) is 11.5 Å². The van der Waals surface area contributed by atoms with Gasteiger partial charge in [-0.3, -0.25) is 0 Å². The summed E-state index contributed by atoms with van der Waals surface area (Å²) in [6.45, 7) is 1.56. The van der Waals surface area contributed by atoms with Crippen molar-refractivity contribution in [1.29, 1.82) is 0 Å². The first-order valence-electron chi connectivity index (χ1n) is 5.61. The maximum atomic E-state index is 11.1. The Labute approximate surface area is 110 Å².